The molecule has 0 atom stereocenters. The standard InChI is InChI=1S/C11H11NO3S2/c1-9(13)16-8-2-3-10-4-6-11(7-5-10)17(12,14)15/h4-7H,8H2,1H3,(H2,12,14,15). The highest BCUT2D eigenvalue weighted by molar-refractivity contribution is 8.13. The molecule has 0 unspecified atom stereocenters. The third-order valence-electron chi connectivity index (χ3n) is 1.76. The van der Waals surface area contributed by atoms with Crippen molar-refractivity contribution >= 4 is 26.9 Å². The van der Waals surface area contributed by atoms with Gasteiger partial charge in [-0.05, 0) is 24.3 Å². The van der Waals surface area contributed by atoms with Gasteiger partial charge in [0, 0.05) is 12.5 Å². The van der Waals surface area contributed by atoms with Crippen LogP contribution in [0.5, 0.6) is 0 Å². The number of nitrogens with two attached hydrogens (primary N) is 1. The summed E-state index contributed by atoms with van der Waals surface area (Å²) in [7, 11) is -3.65. The van der Waals surface area contributed by atoms with Crippen LogP contribution in [0.3, 0.4) is 0 Å². The summed E-state index contributed by atoms with van der Waals surface area (Å²) in [6, 6.07) is 5.95. The molecule has 0 aliphatic rings. The first-order valence-corrected chi connectivity index (χ1v) is 7.18. The van der Waals surface area contributed by atoms with Crippen LogP contribution in [0.15, 0.2) is 29.2 Å². The van der Waals surface area contributed by atoms with Gasteiger partial charge in [-0.25, -0.2) is 13.6 Å². The lowest BCUT2D eigenvalue weighted by molar-refractivity contribution is -0.109. The molecule has 0 aliphatic carbocycles. The van der Waals surface area contributed by atoms with Crippen LogP contribution in [0.4, 0.5) is 0 Å². The molecule has 0 aliphatic heterocycles. The summed E-state index contributed by atoms with van der Waals surface area (Å²) < 4.78 is 22.0. The maximum absolute atomic E-state index is 11.0. The minimum atomic E-state index is -3.65. The molecule has 1 rings (SSSR count). The van der Waals surface area contributed by atoms with Gasteiger partial charge in [0.25, 0.3) is 0 Å². The molecule has 0 fully saturated rings. The molecule has 0 aromatic heterocycles. The lowest BCUT2D eigenvalue weighted by atomic mass is 10.2. The average Bonchev–Trinajstić information content (AvgIpc) is 2.23. The molecule has 0 spiro atoms. The Balaban J connectivity index is 2.72. The van der Waals surface area contributed by atoms with E-state index in [4.69, 9.17) is 5.14 Å². The van der Waals surface area contributed by atoms with Crippen molar-refractivity contribution in [3.05, 3.63) is 29.8 Å². The Kier molecular flexibility index (Phi) is 4.75. The fourth-order valence-electron chi connectivity index (χ4n) is 1.00. The van der Waals surface area contributed by atoms with E-state index in [1.165, 1.54) is 19.1 Å². The molecule has 0 saturated heterocycles. The molecule has 0 saturated carbocycles. The first-order chi connectivity index (χ1) is 7.89. The monoisotopic (exact) mass is 269 g/mol. The molecule has 4 nitrogen and oxygen atoms in total. The molecule has 1 aromatic rings. The normalized spacial score (nSPS) is 10.5. The second kappa shape index (κ2) is 5.87. The molecule has 2 N–H and O–H groups in total. The van der Waals surface area contributed by atoms with Gasteiger partial charge in [-0.1, -0.05) is 23.6 Å². The lowest BCUT2D eigenvalue weighted by Crippen LogP contribution is -2.11. The number of rotatable bonds is 2. The fourth-order valence-corrected chi connectivity index (χ4v) is 1.87. The zero-order valence-electron chi connectivity index (χ0n) is 9.14. The zero-order valence-corrected chi connectivity index (χ0v) is 10.8. The number of primary sulfonamides is 1. The van der Waals surface area contributed by atoms with Crippen molar-refractivity contribution in [3.63, 3.8) is 0 Å². The summed E-state index contributed by atoms with van der Waals surface area (Å²) in [5, 5.41) is 4.97. The van der Waals surface area contributed by atoms with Crippen molar-refractivity contribution in [2.75, 3.05) is 5.75 Å². The van der Waals surface area contributed by atoms with Gasteiger partial charge in [0.2, 0.25) is 10.0 Å². The number of carbonyl (C=O) groups excluding carboxylic acids is 1. The first kappa shape index (κ1) is 13.8. The second-order valence-corrected chi connectivity index (χ2v) is 5.87. The smallest absolute Gasteiger partial charge is 0.238 e. The molecule has 0 heterocycles. The van der Waals surface area contributed by atoms with Gasteiger partial charge < -0.3 is 0 Å². The maximum atomic E-state index is 11.0. The third kappa shape index (κ3) is 5.04. The zero-order chi connectivity index (χ0) is 12.9. The molecule has 1 aromatic carbocycles. The molecular weight excluding hydrogens is 258 g/mol. The lowest BCUT2D eigenvalue weighted by Gasteiger charge is -1.96. The van der Waals surface area contributed by atoms with Crippen LogP contribution < -0.4 is 5.14 Å². The molecular formula is C11H11NO3S2. The van der Waals surface area contributed by atoms with Gasteiger partial charge in [0.1, 0.15) is 0 Å². The topological polar surface area (TPSA) is 77.2 Å². The van der Waals surface area contributed by atoms with Crippen LogP contribution in [0.25, 0.3) is 0 Å². The second-order valence-electron chi connectivity index (χ2n) is 3.15. The Morgan fingerprint density at radius 2 is 1.94 bits per heavy atom. The van der Waals surface area contributed by atoms with Gasteiger partial charge in [-0.3, -0.25) is 4.79 Å². The summed E-state index contributed by atoms with van der Waals surface area (Å²) >= 11 is 1.13. The minimum Gasteiger partial charge on any atom is -0.288 e. The van der Waals surface area contributed by atoms with Crippen molar-refractivity contribution in [2.45, 2.75) is 11.8 Å². The minimum absolute atomic E-state index is 0.0175. The van der Waals surface area contributed by atoms with Crippen LogP contribution >= 0.6 is 11.8 Å². The van der Waals surface area contributed by atoms with E-state index in [-0.39, 0.29) is 10.0 Å². The van der Waals surface area contributed by atoms with Gasteiger partial charge in [-0.2, -0.15) is 0 Å². The Labute approximate surface area is 105 Å². The van der Waals surface area contributed by atoms with E-state index in [1.54, 1.807) is 12.1 Å². The van der Waals surface area contributed by atoms with Crippen LogP contribution in [0, 0.1) is 11.8 Å². The number of hydrogen-bond donors (Lipinski definition) is 1. The largest absolute Gasteiger partial charge is 0.288 e. The highest BCUT2D eigenvalue weighted by atomic mass is 32.2. The Morgan fingerprint density at radius 3 is 2.41 bits per heavy atom. The first-order valence-electron chi connectivity index (χ1n) is 4.65. The predicted molar refractivity (Wildman–Crippen MR) is 67.8 cm³/mol. The van der Waals surface area contributed by atoms with Crippen LogP contribution in [-0.2, 0) is 14.8 Å². The molecule has 0 bridgehead atoms. The van der Waals surface area contributed by atoms with Crippen LogP contribution in [0.1, 0.15) is 12.5 Å². The predicted octanol–water partition coefficient (Wildman–Crippen LogP) is 0.965. The van der Waals surface area contributed by atoms with Crippen LogP contribution in [0.2, 0.25) is 0 Å². The fraction of sp³-hybridized carbons (Fsp3) is 0.182. The van der Waals surface area contributed by atoms with E-state index < -0.39 is 10.0 Å². The number of carbonyl (C=O) groups is 1. The summed E-state index contributed by atoms with van der Waals surface area (Å²) in [4.78, 5) is 10.7. The van der Waals surface area contributed by atoms with Crippen molar-refractivity contribution in [3.8, 4) is 11.8 Å². The van der Waals surface area contributed by atoms with E-state index >= 15 is 0 Å². The highest BCUT2D eigenvalue weighted by Crippen LogP contribution is 2.07. The molecule has 90 valence electrons. The van der Waals surface area contributed by atoms with E-state index in [2.05, 4.69) is 11.8 Å². The van der Waals surface area contributed by atoms with Crippen molar-refractivity contribution < 1.29 is 13.2 Å². The third-order valence-corrected chi connectivity index (χ3v) is 3.39. The summed E-state index contributed by atoms with van der Waals surface area (Å²) in [5.41, 5.74) is 0.682. The Hall–Kier alpha value is -1.29. The average molecular weight is 269 g/mol. The van der Waals surface area contributed by atoms with Crippen molar-refractivity contribution in [1.82, 2.24) is 0 Å². The number of benzene rings is 1. The Bertz CT molecular complexity index is 565. The molecule has 17 heavy (non-hydrogen) atoms. The molecule has 0 radical (unpaired) electrons. The van der Waals surface area contributed by atoms with E-state index in [9.17, 15) is 13.2 Å². The number of thioether (sulfide) groups is 1. The van der Waals surface area contributed by atoms with Gasteiger partial charge in [0.15, 0.2) is 5.12 Å². The van der Waals surface area contributed by atoms with Crippen molar-refractivity contribution in [1.29, 1.82) is 0 Å². The summed E-state index contributed by atoms with van der Waals surface area (Å²) in [5.74, 6) is 6.05. The highest BCUT2D eigenvalue weighted by Gasteiger charge is 2.05. The van der Waals surface area contributed by atoms with E-state index in [0.717, 1.165) is 11.8 Å². The SMILES string of the molecule is CC(=O)SCC#Cc1ccc(S(N)(=O)=O)cc1. The molecule has 0 amide bonds. The molecule has 6 heteroatoms. The van der Waals surface area contributed by atoms with Crippen molar-refractivity contribution in [2.24, 2.45) is 5.14 Å². The Morgan fingerprint density at radius 1 is 1.35 bits per heavy atom. The number of sulfonamides is 1. The van der Waals surface area contributed by atoms with Gasteiger partial charge in [0.05, 0.1) is 10.6 Å². The number of hydrogen-bond acceptors (Lipinski definition) is 4. The summed E-state index contributed by atoms with van der Waals surface area (Å²) in [6.45, 7) is 1.48. The van der Waals surface area contributed by atoms with E-state index in [0.29, 0.717) is 11.3 Å². The summed E-state index contributed by atoms with van der Waals surface area (Å²) in [6.07, 6.45) is 0. The van der Waals surface area contributed by atoms with Crippen LogP contribution in [-0.4, -0.2) is 19.3 Å². The van der Waals surface area contributed by atoms with Gasteiger partial charge >= 0.3 is 0 Å². The maximum Gasteiger partial charge on any atom is 0.238 e. The van der Waals surface area contributed by atoms with Gasteiger partial charge in [-0.15, -0.1) is 0 Å². The quantitative estimate of drug-likeness (QED) is 0.811. The van der Waals surface area contributed by atoms with E-state index in [1.807, 2.05) is 0 Å².